The second-order valence-corrected chi connectivity index (χ2v) is 7.11. The van der Waals surface area contributed by atoms with E-state index in [0.29, 0.717) is 11.7 Å². The van der Waals surface area contributed by atoms with Gasteiger partial charge in [-0.2, -0.15) is 0 Å². The molecule has 2 aromatic rings. The number of aromatic hydroxyl groups is 1. The van der Waals surface area contributed by atoms with Crippen molar-refractivity contribution >= 4 is 0 Å². The van der Waals surface area contributed by atoms with Gasteiger partial charge in [0.1, 0.15) is 5.75 Å². The van der Waals surface area contributed by atoms with Crippen molar-refractivity contribution in [1.82, 2.24) is 0 Å². The van der Waals surface area contributed by atoms with Gasteiger partial charge in [0, 0.05) is 11.5 Å². The summed E-state index contributed by atoms with van der Waals surface area (Å²) < 4.78 is 0. The van der Waals surface area contributed by atoms with Crippen LogP contribution in [0.3, 0.4) is 0 Å². The summed E-state index contributed by atoms with van der Waals surface area (Å²) in [4.78, 5) is 0. The predicted molar refractivity (Wildman–Crippen MR) is 103 cm³/mol. The average molecular weight is 318 g/mol. The van der Waals surface area contributed by atoms with Crippen LogP contribution in [0.15, 0.2) is 58.7 Å². The SMILES string of the molecule is CC1=C(C)C(c2ccc(C)cc2-c2cccc(C)c2O)C(C)=C1C. The first kappa shape index (κ1) is 16.6. The minimum atomic E-state index is 0.306. The lowest BCUT2D eigenvalue weighted by Gasteiger charge is -2.21. The first-order chi connectivity index (χ1) is 11.3. The van der Waals surface area contributed by atoms with Crippen LogP contribution in [0.2, 0.25) is 0 Å². The summed E-state index contributed by atoms with van der Waals surface area (Å²) in [6, 6.07) is 12.6. The summed E-state index contributed by atoms with van der Waals surface area (Å²) in [5.74, 6) is 0.694. The van der Waals surface area contributed by atoms with Crippen molar-refractivity contribution in [3.63, 3.8) is 0 Å². The standard InChI is InChI=1S/C23H26O/c1-13-10-11-19(22-17(5)15(3)16(4)18(22)6)21(12-13)20-9-7-8-14(2)23(20)24/h7-12,22,24H,1-6H3. The molecule has 0 saturated carbocycles. The molecule has 0 amide bonds. The van der Waals surface area contributed by atoms with Crippen molar-refractivity contribution in [2.75, 3.05) is 0 Å². The first-order valence-electron chi connectivity index (χ1n) is 8.57. The molecule has 0 aliphatic heterocycles. The molecule has 0 radical (unpaired) electrons. The number of phenols is 1. The summed E-state index contributed by atoms with van der Waals surface area (Å²) in [6.07, 6.45) is 0. The molecule has 0 unspecified atom stereocenters. The second-order valence-electron chi connectivity index (χ2n) is 7.11. The Morgan fingerprint density at radius 1 is 0.750 bits per heavy atom. The van der Waals surface area contributed by atoms with Gasteiger partial charge in [-0.1, -0.05) is 53.1 Å². The fraction of sp³-hybridized carbons (Fsp3) is 0.304. The smallest absolute Gasteiger partial charge is 0.126 e. The molecule has 0 aromatic heterocycles. The monoisotopic (exact) mass is 318 g/mol. The van der Waals surface area contributed by atoms with E-state index in [1.54, 1.807) is 0 Å². The highest BCUT2D eigenvalue weighted by atomic mass is 16.3. The van der Waals surface area contributed by atoms with Gasteiger partial charge < -0.3 is 5.11 Å². The molecule has 24 heavy (non-hydrogen) atoms. The van der Waals surface area contributed by atoms with Crippen LogP contribution in [0.25, 0.3) is 11.1 Å². The number of phenolic OH excluding ortho intramolecular Hbond substituents is 1. The van der Waals surface area contributed by atoms with Crippen LogP contribution < -0.4 is 0 Å². The Balaban J connectivity index is 2.27. The Kier molecular flexibility index (Phi) is 4.13. The number of hydrogen-bond acceptors (Lipinski definition) is 1. The summed E-state index contributed by atoms with van der Waals surface area (Å²) in [5, 5.41) is 10.6. The highest BCUT2D eigenvalue weighted by molar-refractivity contribution is 5.77. The largest absolute Gasteiger partial charge is 0.507 e. The maximum atomic E-state index is 10.6. The maximum Gasteiger partial charge on any atom is 0.126 e. The number of aryl methyl sites for hydroxylation is 2. The van der Waals surface area contributed by atoms with Crippen LogP contribution in [0.4, 0.5) is 0 Å². The molecule has 1 N–H and O–H groups in total. The van der Waals surface area contributed by atoms with Gasteiger partial charge in [0.05, 0.1) is 0 Å². The van der Waals surface area contributed by atoms with Gasteiger partial charge in [0.15, 0.2) is 0 Å². The zero-order valence-corrected chi connectivity index (χ0v) is 15.5. The molecule has 0 saturated heterocycles. The fourth-order valence-electron chi connectivity index (χ4n) is 3.85. The Morgan fingerprint density at radius 3 is 2.00 bits per heavy atom. The van der Waals surface area contributed by atoms with Crippen molar-refractivity contribution in [2.45, 2.75) is 47.5 Å². The quantitative estimate of drug-likeness (QED) is 0.675. The zero-order valence-electron chi connectivity index (χ0n) is 15.5. The number of hydrogen-bond donors (Lipinski definition) is 1. The van der Waals surface area contributed by atoms with E-state index in [2.05, 4.69) is 52.8 Å². The van der Waals surface area contributed by atoms with E-state index >= 15 is 0 Å². The molecule has 2 aromatic carbocycles. The van der Waals surface area contributed by atoms with Crippen LogP contribution in [-0.4, -0.2) is 5.11 Å². The Hall–Kier alpha value is -2.28. The van der Waals surface area contributed by atoms with E-state index in [-0.39, 0.29) is 0 Å². The summed E-state index contributed by atoms with van der Waals surface area (Å²) in [7, 11) is 0. The highest BCUT2D eigenvalue weighted by Gasteiger charge is 2.28. The van der Waals surface area contributed by atoms with Gasteiger partial charge in [-0.3, -0.25) is 0 Å². The molecule has 0 spiro atoms. The maximum absolute atomic E-state index is 10.6. The van der Waals surface area contributed by atoms with Crippen LogP contribution in [0, 0.1) is 13.8 Å². The fourth-order valence-corrected chi connectivity index (χ4v) is 3.85. The summed E-state index contributed by atoms with van der Waals surface area (Å²) in [6.45, 7) is 13.0. The molecule has 0 heterocycles. The predicted octanol–water partition coefficient (Wildman–Crippen LogP) is 6.45. The van der Waals surface area contributed by atoms with Gasteiger partial charge in [-0.15, -0.1) is 0 Å². The summed E-state index contributed by atoms with van der Waals surface area (Å²) >= 11 is 0. The molecule has 3 rings (SSSR count). The van der Waals surface area contributed by atoms with Gasteiger partial charge in [0.2, 0.25) is 0 Å². The molecular formula is C23H26O. The van der Waals surface area contributed by atoms with E-state index in [0.717, 1.165) is 16.7 Å². The van der Waals surface area contributed by atoms with Crippen molar-refractivity contribution < 1.29 is 5.11 Å². The molecule has 1 heteroatoms. The van der Waals surface area contributed by atoms with Gasteiger partial charge in [-0.05, 0) is 69.4 Å². The molecule has 1 nitrogen and oxygen atoms in total. The van der Waals surface area contributed by atoms with Gasteiger partial charge in [0.25, 0.3) is 0 Å². The zero-order chi connectivity index (χ0) is 17.6. The van der Waals surface area contributed by atoms with Crippen LogP contribution >= 0.6 is 0 Å². The lowest BCUT2D eigenvalue weighted by Crippen LogP contribution is -2.02. The van der Waals surface area contributed by atoms with E-state index in [1.165, 1.54) is 33.4 Å². The Bertz CT molecular complexity index is 857. The number of rotatable bonds is 2. The molecule has 0 fully saturated rings. The minimum Gasteiger partial charge on any atom is -0.507 e. The number of allylic oxidation sites excluding steroid dienone is 4. The molecular weight excluding hydrogens is 292 g/mol. The topological polar surface area (TPSA) is 20.2 Å². The molecule has 0 bridgehead atoms. The van der Waals surface area contributed by atoms with Gasteiger partial charge in [-0.25, -0.2) is 0 Å². The summed E-state index contributed by atoms with van der Waals surface area (Å²) in [5.41, 5.74) is 11.1. The molecule has 0 atom stereocenters. The first-order valence-corrected chi connectivity index (χ1v) is 8.57. The number of benzene rings is 2. The lowest BCUT2D eigenvalue weighted by atomic mass is 9.83. The van der Waals surface area contributed by atoms with Crippen molar-refractivity contribution in [3.05, 3.63) is 75.4 Å². The number of para-hydroxylation sites is 1. The highest BCUT2D eigenvalue weighted by Crippen LogP contribution is 2.47. The van der Waals surface area contributed by atoms with E-state index in [9.17, 15) is 5.11 Å². The van der Waals surface area contributed by atoms with E-state index in [4.69, 9.17) is 0 Å². The van der Waals surface area contributed by atoms with Gasteiger partial charge >= 0.3 is 0 Å². The average Bonchev–Trinajstić information content (AvgIpc) is 2.74. The molecule has 1 aliphatic rings. The third-order valence-corrected chi connectivity index (χ3v) is 5.66. The Labute approximate surface area is 145 Å². The van der Waals surface area contributed by atoms with Crippen LogP contribution in [0.5, 0.6) is 5.75 Å². The molecule has 124 valence electrons. The van der Waals surface area contributed by atoms with E-state index < -0.39 is 0 Å². The van der Waals surface area contributed by atoms with Crippen LogP contribution in [-0.2, 0) is 0 Å². The van der Waals surface area contributed by atoms with Crippen molar-refractivity contribution in [1.29, 1.82) is 0 Å². The normalized spacial score (nSPS) is 15.6. The minimum absolute atomic E-state index is 0.306. The van der Waals surface area contributed by atoms with Crippen molar-refractivity contribution in [2.24, 2.45) is 0 Å². The third-order valence-electron chi connectivity index (χ3n) is 5.66. The Morgan fingerprint density at radius 2 is 1.38 bits per heavy atom. The lowest BCUT2D eigenvalue weighted by molar-refractivity contribution is 0.473. The molecule has 1 aliphatic carbocycles. The second kappa shape index (κ2) is 5.98. The van der Waals surface area contributed by atoms with Crippen molar-refractivity contribution in [3.8, 4) is 16.9 Å². The van der Waals surface area contributed by atoms with Crippen LogP contribution in [0.1, 0.15) is 50.3 Å². The van der Waals surface area contributed by atoms with E-state index in [1.807, 2.05) is 25.1 Å². The third kappa shape index (κ3) is 2.49.